The summed E-state index contributed by atoms with van der Waals surface area (Å²) in [4.78, 5) is 16.8. The van der Waals surface area contributed by atoms with Gasteiger partial charge in [0, 0.05) is 44.2 Å². The fraction of sp³-hybridized carbons (Fsp3) is 0.316. The molecular formula is C19H21ClN2O4S. The molecule has 6 nitrogen and oxygen atoms in total. The van der Waals surface area contributed by atoms with Crippen LogP contribution in [0.2, 0.25) is 5.02 Å². The summed E-state index contributed by atoms with van der Waals surface area (Å²) < 4.78 is 28.8. The van der Waals surface area contributed by atoms with Gasteiger partial charge in [0.2, 0.25) is 0 Å². The lowest BCUT2D eigenvalue weighted by Crippen LogP contribution is -2.48. The Bertz CT molecular complexity index is 954. The van der Waals surface area contributed by atoms with Crippen LogP contribution in [0.1, 0.15) is 10.4 Å². The molecule has 0 saturated carbocycles. The quantitative estimate of drug-likeness (QED) is 0.778. The predicted molar refractivity (Wildman–Crippen MR) is 106 cm³/mol. The average Bonchev–Trinajstić information content (AvgIpc) is 2.67. The number of anilines is 1. The molecule has 0 aromatic heterocycles. The Morgan fingerprint density at radius 1 is 1.07 bits per heavy atom. The number of nitrogens with zero attached hydrogens (tertiary/aromatic N) is 2. The lowest BCUT2D eigenvalue weighted by molar-refractivity contribution is 0.0746. The Kier molecular flexibility index (Phi) is 5.62. The number of carbonyl (C=O) groups is 1. The van der Waals surface area contributed by atoms with Crippen LogP contribution >= 0.6 is 11.6 Å². The minimum atomic E-state index is -3.41. The van der Waals surface area contributed by atoms with E-state index < -0.39 is 9.84 Å². The highest BCUT2D eigenvalue weighted by atomic mass is 35.5. The number of benzene rings is 2. The molecule has 27 heavy (non-hydrogen) atoms. The number of amides is 1. The summed E-state index contributed by atoms with van der Waals surface area (Å²) in [7, 11) is -1.78. The number of rotatable bonds is 4. The zero-order chi connectivity index (χ0) is 19.6. The molecule has 1 aliphatic rings. The maximum absolute atomic E-state index is 12.9. The Hall–Kier alpha value is -2.25. The van der Waals surface area contributed by atoms with E-state index >= 15 is 0 Å². The van der Waals surface area contributed by atoms with Gasteiger partial charge in [-0.2, -0.15) is 0 Å². The molecule has 0 unspecified atom stereocenters. The summed E-state index contributed by atoms with van der Waals surface area (Å²) in [5, 5.41) is 0.252. The van der Waals surface area contributed by atoms with E-state index in [1.807, 2.05) is 24.3 Å². The van der Waals surface area contributed by atoms with Gasteiger partial charge in [0.05, 0.1) is 22.6 Å². The average molecular weight is 409 g/mol. The van der Waals surface area contributed by atoms with E-state index in [2.05, 4.69) is 4.90 Å². The molecule has 1 aliphatic heterocycles. The molecular weight excluding hydrogens is 388 g/mol. The molecule has 1 heterocycles. The lowest BCUT2D eigenvalue weighted by Gasteiger charge is -2.36. The van der Waals surface area contributed by atoms with Crippen LogP contribution in [0.5, 0.6) is 5.75 Å². The Balaban J connectivity index is 1.73. The van der Waals surface area contributed by atoms with Gasteiger partial charge >= 0.3 is 0 Å². The van der Waals surface area contributed by atoms with Gasteiger partial charge < -0.3 is 14.5 Å². The summed E-state index contributed by atoms with van der Waals surface area (Å²) in [5.74, 6) is 0.533. The van der Waals surface area contributed by atoms with E-state index in [4.69, 9.17) is 16.3 Å². The topological polar surface area (TPSA) is 66.9 Å². The number of methoxy groups -OCH3 is 1. The van der Waals surface area contributed by atoms with E-state index in [0.717, 1.165) is 17.7 Å². The largest absolute Gasteiger partial charge is 0.497 e. The fourth-order valence-electron chi connectivity index (χ4n) is 3.04. The molecule has 1 fully saturated rings. The van der Waals surface area contributed by atoms with Crippen LogP contribution in [-0.2, 0) is 9.84 Å². The Morgan fingerprint density at radius 3 is 2.41 bits per heavy atom. The maximum atomic E-state index is 12.9. The van der Waals surface area contributed by atoms with Crippen molar-refractivity contribution in [3.8, 4) is 5.75 Å². The van der Waals surface area contributed by atoms with Crippen molar-refractivity contribution in [1.82, 2.24) is 4.90 Å². The zero-order valence-corrected chi connectivity index (χ0v) is 16.8. The van der Waals surface area contributed by atoms with Crippen molar-refractivity contribution in [1.29, 1.82) is 0 Å². The van der Waals surface area contributed by atoms with Crippen LogP contribution in [0.3, 0.4) is 0 Å². The van der Waals surface area contributed by atoms with Gasteiger partial charge in [-0.1, -0.05) is 17.7 Å². The number of ether oxygens (including phenoxy) is 1. The molecule has 144 valence electrons. The molecule has 1 saturated heterocycles. The van der Waals surface area contributed by atoms with Gasteiger partial charge in [0.25, 0.3) is 5.91 Å². The molecule has 3 rings (SSSR count). The van der Waals surface area contributed by atoms with Crippen LogP contribution < -0.4 is 9.64 Å². The summed E-state index contributed by atoms with van der Waals surface area (Å²) in [6.07, 6.45) is 1.11. The minimum absolute atomic E-state index is 0.0882. The van der Waals surface area contributed by atoms with Crippen molar-refractivity contribution in [2.75, 3.05) is 44.4 Å². The predicted octanol–water partition coefficient (Wildman–Crippen LogP) is 2.71. The smallest absolute Gasteiger partial charge is 0.255 e. The van der Waals surface area contributed by atoms with Crippen LogP contribution in [0.25, 0.3) is 0 Å². The first-order valence-electron chi connectivity index (χ1n) is 8.47. The number of hydrogen-bond donors (Lipinski definition) is 0. The first kappa shape index (κ1) is 19.5. The first-order chi connectivity index (χ1) is 12.8. The van der Waals surface area contributed by atoms with Crippen molar-refractivity contribution in [3.05, 3.63) is 53.1 Å². The van der Waals surface area contributed by atoms with Crippen LogP contribution in [-0.4, -0.2) is 58.8 Å². The molecule has 0 atom stereocenters. The number of hydrogen-bond acceptors (Lipinski definition) is 5. The molecule has 0 bridgehead atoms. The number of piperazine rings is 1. The second-order valence-electron chi connectivity index (χ2n) is 6.39. The Labute approximate surface area is 164 Å². The molecule has 2 aromatic carbocycles. The summed E-state index contributed by atoms with van der Waals surface area (Å²) in [5.41, 5.74) is 1.26. The maximum Gasteiger partial charge on any atom is 0.255 e. The third kappa shape index (κ3) is 4.36. The van der Waals surface area contributed by atoms with Crippen molar-refractivity contribution >= 4 is 33.0 Å². The van der Waals surface area contributed by atoms with Crippen molar-refractivity contribution in [2.24, 2.45) is 0 Å². The van der Waals surface area contributed by atoms with E-state index in [0.29, 0.717) is 26.2 Å². The van der Waals surface area contributed by atoms with E-state index in [1.54, 1.807) is 12.0 Å². The van der Waals surface area contributed by atoms with Gasteiger partial charge in [-0.25, -0.2) is 8.42 Å². The van der Waals surface area contributed by atoms with Gasteiger partial charge in [-0.3, -0.25) is 4.79 Å². The highest BCUT2D eigenvalue weighted by molar-refractivity contribution is 7.90. The molecule has 2 aromatic rings. The molecule has 0 N–H and O–H groups in total. The zero-order valence-electron chi connectivity index (χ0n) is 15.2. The summed E-state index contributed by atoms with van der Waals surface area (Å²) >= 11 is 6.15. The van der Waals surface area contributed by atoms with Gasteiger partial charge in [-0.15, -0.1) is 0 Å². The second kappa shape index (κ2) is 7.78. The number of carbonyl (C=O) groups excluding carboxylic acids is 1. The normalized spacial score (nSPS) is 14.9. The Morgan fingerprint density at radius 2 is 1.78 bits per heavy atom. The van der Waals surface area contributed by atoms with Gasteiger partial charge in [0.1, 0.15) is 5.75 Å². The monoisotopic (exact) mass is 408 g/mol. The van der Waals surface area contributed by atoms with Crippen LogP contribution in [0.4, 0.5) is 5.69 Å². The first-order valence-corrected chi connectivity index (χ1v) is 10.7. The highest BCUT2D eigenvalue weighted by Crippen LogP contribution is 2.25. The van der Waals surface area contributed by atoms with Gasteiger partial charge in [-0.05, 0) is 30.3 Å². The fourth-order valence-corrected chi connectivity index (χ4v) is 3.89. The number of sulfone groups is 1. The van der Waals surface area contributed by atoms with Crippen molar-refractivity contribution < 1.29 is 17.9 Å². The molecule has 1 amide bonds. The third-order valence-corrected chi connectivity index (χ3v) is 6.02. The summed E-state index contributed by atoms with van der Waals surface area (Å²) in [6.45, 7) is 2.38. The van der Waals surface area contributed by atoms with E-state index in [-0.39, 0.29) is 21.4 Å². The molecule has 8 heteroatoms. The van der Waals surface area contributed by atoms with Crippen molar-refractivity contribution in [2.45, 2.75) is 4.90 Å². The van der Waals surface area contributed by atoms with E-state index in [9.17, 15) is 13.2 Å². The SMILES string of the molecule is COc1cccc(N2CCN(C(=O)c3cc(S(C)(=O)=O)ccc3Cl)CC2)c1. The molecule has 0 spiro atoms. The lowest BCUT2D eigenvalue weighted by atomic mass is 10.1. The summed E-state index contributed by atoms with van der Waals surface area (Å²) in [6, 6.07) is 12.0. The number of halogens is 1. The highest BCUT2D eigenvalue weighted by Gasteiger charge is 2.25. The van der Waals surface area contributed by atoms with Gasteiger partial charge in [0.15, 0.2) is 9.84 Å². The van der Waals surface area contributed by atoms with Crippen LogP contribution in [0.15, 0.2) is 47.4 Å². The molecule has 0 radical (unpaired) electrons. The van der Waals surface area contributed by atoms with E-state index in [1.165, 1.54) is 18.2 Å². The third-order valence-electron chi connectivity index (χ3n) is 4.58. The molecule has 0 aliphatic carbocycles. The minimum Gasteiger partial charge on any atom is -0.497 e. The second-order valence-corrected chi connectivity index (χ2v) is 8.82. The van der Waals surface area contributed by atoms with Crippen molar-refractivity contribution in [3.63, 3.8) is 0 Å². The standard InChI is InChI=1S/C19H21ClN2O4S/c1-26-15-5-3-4-14(12-15)21-8-10-22(11-9-21)19(23)17-13-16(27(2,24)25)6-7-18(17)20/h3-7,12-13H,8-11H2,1-2H3. The van der Waals surface area contributed by atoms with Crippen LogP contribution in [0, 0.1) is 0 Å².